The number of amides is 2. The molecule has 1 saturated carbocycles. The van der Waals surface area contributed by atoms with Crippen LogP contribution < -0.4 is 21.9 Å². The molecule has 5 N–H and O–H groups in total. The molecule has 0 aromatic carbocycles. The van der Waals surface area contributed by atoms with E-state index in [1.807, 2.05) is 6.92 Å². The molecule has 1 aromatic heterocycles. The zero-order valence-corrected chi connectivity index (χ0v) is 11.4. The fourth-order valence-electron chi connectivity index (χ4n) is 1.81. The summed E-state index contributed by atoms with van der Waals surface area (Å²) in [5, 5.41) is 5.50. The van der Waals surface area contributed by atoms with Crippen LogP contribution in [0.15, 0.2) is 12.3 Å². The molecule has 0 aliphatic heterocycles. The van der Waals surface area contributed by atoms with Gasteiger partial charge in [0.05, 0.1) is 11.3 Å². The summed E-state index contributed by atoms with van der Waals surface area (Å²) in [7, 11) is 0. The number of aromatic nitrogens is 1. The zero-order chi connectivity index (χ0) is 14.5. The minimum Gasteiger partial charge on any atom is -0.354 e. The predicted molar refractivity (Wildman–Crippen MR) is 74.9 cm³/mol. The molecular formula is C13H19N5O2. The number of hydrogen-bond acceptors (Lipinski definition) is 5. The Morgan fingerprint density at radius 2 is 2.05 bits per heavy atom. The number of carbonyl (C=O) groups excluding carboxylic acids is 2. The van der Waals surface area contributed by atoms with Crippen molar-refractivity contribution in [1.82, 2.24) is 15.6 Å². The summed E-state index contributed by atoms with van der Waals surface area (Å²) in [5.74, 6) is 5.36. The molecule has 2 amide bonds. The summed E-state index contributed by atoms with van der Waals surface area (Å²) in [6, 6.07) is 1.70. The number of pyridine rings is 1. The second-order valence-corrected chi connectivity index (χ2v) is 4.84. The molecule has 7 nitrogen and oxygen atoms in total. The number of nitrogens with one attached hydrogen (secondary N) is 3. The lowest BCUT2D eigenvalue weighted by molar-refractivity contribution is -0.122. The third-order valence-electron chi connectivity index (χ3n) is 3.10. The van der Waals surface area contributed by atoms with Crippen molar-refractivity contribution in [2.45, 2.75) is 19.8 Å². The van der Waals surface area contributed by atoms with Crippen molar-refractivity contribution >= 4 is 17.5 Å². The highest BCUT2D eigenvalue weighted by Gasteiger charge is 2.29. The zero-order valence-electron chi connectivity index (χ0n) is 11.4. The Morgan fingerprint density at radius 3 is 2.70 bits per heavy atom. The SMILES string of the molecule is Cc1cc(NN)c(C(=O)NCCNC(=O)C2CC2)cn1. The molecule has 1 aliphatic rings. The minimum absolute atomic E-state index is 0.0700. The van der Waals surface area contributed by atoms with E-state index < -0.39 is 0 Å². The number of hydrogen-bond donors (Lipinski definition) is 4. The Kier molecular flexibility index (Phi) is 4.52. The van der Waals surface area contributed by atoms with Gasteiger partial charge in [0.15, 0.2) is 0 Å². The highest BCUT2D eigenvalue weighted by Crippen LogP contribution is 2.28. The van der Waals surface area contributed by atoms with Gasteiger partial charge >= 0.3 is 0 Å². The second-order valence-electron chi connectivity index (χ2n) is 4.84. The first-order valence-electron chi connectivity index (χ1n) is 6.61. The molecule has 20 heavy (non-hydrogen) atoms. The monoisotopic (exact) mass is 277 g/mol. The number of anilines is 1. The van der Waals surface area contributed by atoms with Gasteiger partial charge in [0.25, 0.3) is 5.91 Å². The maximum absolute atomic E-state index is 12.0. The molecular weight excluding hydrogens is 258 g/mol. The van der Waals surface area contributed by atoms with E-state index in [4.69, 9.17) is 5.84 Å². The predicted octanol–water partition coefficient (Wildman–Crippen LogP) is -0.0684. The van der Waals surface area contributed by atoms with E-state index in [0.29, 0.717) is 24.3 Å². The molecule has 108 valence electrons. The molecule has 1 aliphatic carbocycles. The maximum atomic E-state index is 12.0. The van der Waals surface area contributed by atoms with Gasteiger partial charge in [-0.25, -0.2) is 0 Å². The van der Waals surface area contributed by atoms with Gasteiger partial charge in [-0.1, -0.05) is 0 Å². The Balaban J connectivity index is 1.80. The first-order chi connectivity index (χ1) is 9.61. The van der Waals surface area contributed by atoms with Crippen LogP contribution >= 0.6 is 0 Å². The van der Waals surface area contributed by atoms with E-state index in [1.54, 1.807) is 6.07 Å². The third kappa shape index (κ3) is 3.67. The van der Waals surface area contributed by atoms with E-state index in [-0.39, 0.29) is 17.7 Å². The number of nitrogens with two attached hydrogens (primary N) is 1. The fourth-order valence-corrected chi connectivity index (χ4v) is 1.81. The van der Waals surface area contributed by atoms with Gasteiger partial charge in [-0.15, -0.1) is 0 Å². The lowest BCUT2D eigenvalue weighted by Crippen LogP contribution is -2.35. The van der Waals surface area contributed by atoms with Crippen LogP contribution in [0.1, 0.15) is 28.9 Å². The molecule has 0 atom stereocenters. The molecule has 7 heteroatoms. The molecule has 1 heterocycles. The van der Waals surface area contributed by atoms with Crippen LogP contribution in [0.2, 0.25) is 0 Å². The number of rotatable bonds is 6. The van der Waals surface area contributed by atoms with Gasteiger partial charge in [0.1, 0.15) is 0 Å². The average Bonchev–Trinajstić information content (AvgIpc) is 3.27. The Labute approximate surface area is 117 Å². The van der Waals surface area contributed by atoms with Gasteiger partial charge in [-0.2, -0.15) is 0 Å². The molecule has 1 aromatic rings. The van der Waals surface area contributed by atoms with Crippen molar-refractivity contribution in [2.75, 3.05) is 18.5 Å². The summed E-state index contributed by atoms with van der Waals surface area (Å²) >= 11 is 0. The number of nitrogens with zero attached hydrogens (tertiary/aromatic N) is 1. The standard InChI is InChI=1S/C13H19N5O2/c1-8-6-11(18-14)10(7-17-8)13(20)16-5-4-15-12(19)9-2-3-9/h6-7,9H,2-5,14H2,1H3,(H,15,19)(H,16,20)(H,17,18). The highest BCUT2D eigenvalue weighted by molar-refractivity contribution is 5.99. The van der Waals surface area contributed by atoms with Crippen LogP contribution in [-0.2, 0) is 4.79 Å². The quantitative estimate of drug-likeness (QED) is 0.331. The van der Waals surface area contributed by atoms with Crippen molar-refractivity contribution < 1.29 is 9.59 Å². The molecule has 0 saturated heterocycles. The second kappa shape index (κ2) is 6.33. The maximum Gasteiger partial charge on any atom is 0.255 e. The number of nitrogen functional groups attached to an aromatic ring is 1. The highest BCUT2D eigenvalue weighted by atomic mass is 16.2. The topological polar surface area (TPSA) is 109 Å². The summed E-state index contributed by atoms with van der Waals surface area (Å²) in [6.45, 7) is 2.61. The van der Waals surface area contributed by atoms with Gasteiger partial charge in [0.2, 0.25) is 5.91 Å². The minimum atomic E-state index is -0.272. The third-order valence-corrected chi connectivity index (χ3v) is 3.10. The van der Waals surface area contributed by atoms with Crippen LogP contribution in [-0.4, -0.2) is 29.9 Å². The Hall–Kier alpha value is -2.15. The fraction of sp³-hybridized carbons (Fsp3) is 0.462. The van der Waals surface area contributed by atoms with Crippen LogP contribution in [0.3, 0.4) is 0 Å². The number of hydrazine groups is 1. The first kappa shape index (κ1) is 14.3. The molecule has 0 radical (unpaired) electrons. The lowest BCUT2D eigenvalue weighted by Gasteiger charge is -2.10. The average molecular weight is 277 g/mol. The van der Waals surface area contributed by atoms with Gasteiger partial charge in [-0.05, 0) is 25.8 Å². The molecule has 2 rings (SSSR count). The van der Waals surface area contributed by atoms with E-state index in [0.717, 1.165) is 18.5 Å². The van der Waals surface area contributed by atoms with Gasteiger partial charge in [-0.3, -0.25) is 20.4 Å². The largest absolute Gasteiger partial charge is 0.354 e. The summed E-state index contributed by atoms with van der Waals surface area (Å²) < 4.78 is 0. The van der Waals surface area contributed by atoms with Gasteiger partial charge in [0, 0.05) is 30.9 Å². The van der Waals surface area contributed by atoms with Crippen molar-refractivity contribution in [1.29, 1.82) is 0 Å². The van der Waals surface area contributed by atoms with Crippen LogP contribution in [0.5, 0.6) is 0 Å². The molecule has 0 bridgehead atoms. The number of aryl methyl sites for hydroxylation is 1. The van der Waals surface area contributed by atoms with Crippen molar-refractivity contribution in [3.63, 3.8) is 0 Å². The Bertz CT molecular complexity index is 513. The van der Waals surface area contributed by atoms with Crippen LogP contribution in [0.4, 0.5) is 5.69 Å². The van der Waals surface area contributed by atoms with Crippen molar-refractivity contribution in [3.8, 4) is 0 Å². The van der Waals surface area contributed by atoms with E-state index in [2.05, 4.69) is 21.0 Å². The van der Waals surface area contributed by atoms with E-state index in [9.17, 15) is 9.59 Å². The van der Waals surface area contributed by atoms with Crippen molar-refractivity contribution in [2.24, 2.45) is 11.8 Å². The van der Waals surface area contributed by atoms with E-state index >= 15 is 0 Å². The first-order valence-corrected chi connectivity index (χ1v) is 6.61. The molecule has 0 spiro atoms. The lowest BCUT2D eigenvalue weighted by atomic mass is 10.2. The molecule has 0 unspecified atom stereocenters. The Morgan fingerprint density at radius 1 is 1.35 bits per heavy atom. The molecule has 1 fully saturated rings. The van der Waals surface area contributed by atoms with E-state index in [1.165, 1.54) is 6.20 Å². The smallest absolute Gasteiger partial charge is 0.255 e. The van der Waals surface area contributed by atoms with Crippen LogP contribution in [0, 0.1) is 12.8 Å². The summed E-state index contributed by atoms with van der Waals surface area (Å²) in [6.07, 6.45) is 3.42. The summed E-state index contributed by atoms with van der Waals surface area (Å²) in [5.41, 5.74) is 4.15. The normalized spacial score (nSPS) is 13.7. The summed E-state index contributed by atoms with van der Waals surface area (Å²) in [4.78, 5) is 27.4. The number of carbonyl (C=O) groups is 2. The van der Waals surface area contributed by atoms with Crippen molar-refractivity contribution in [3.05, 3.63) is 23.5 Å². The van der Waals surface area contributed by atoms with Gasteiger partial charge < -0.3 is 16.1 Å². The van der Waals surface area contributed by atoms with Crippen LogP contribution in [0.25, 0.3) is 0 Å².